The molecule has 0 unspecified atom stereocenters. The van der Waals surface area contributed by atoms with Crippen molar-refractivity contribution in [2.24, 2.45) is 16.3 Å². The van der Waals surface area contributed by atoms with Crippen LogP contribution in [0.5, 0.6) is 5.75 Å². The van der Waals surface area contributed by atoms with Crippen LogP contribution in [0.1, 0.15) is 44.9 Å². The molecule has 1 aromatic rings. The first-order valence-electron chi connectivity index (χ1n) is 9.96. The van der Waals surface area contributed by atoms with Gasteiger partial charge in [-0.15, -0.1) is 0 Å². The Morgan fingerprint density at radius 3 is 2.44 bits per heavy atom. The Kier molecular flexibility index (Phi) is 4.87. The number of rotatable bonds is 5. The highest BCUT2D eigenvalue weighted by molar-refractivity contribution is 5.80. The lowest BCUT2D eigenvalue weighted by Gasteiger charge is -2.44. The minimum atomic E-state index is 0.321. The molecule has 136 valence electrons. The molecule has 4 rings (SSSR count). The molecular formula is C21H31N3O. The average Bonchev–Trinajstić information content (AvgIpc) is 3.45. The highest BCUT2D eigenvalue weighted by atomic mass is 16.5. The van der Waals surface area contributed by atoms with Crippen LogP contribution >= 0.6 is 0 Å². The summed E-state index contributed by atoms with van der Waals surface area (Å²) in [7, 11) is 1.92. The molecule has 3 fully saturated rings. The van der Waals surface area contributed by atoms with Crippen molar-refractivity contribution in [1.29, 1.82) is 0 Å². The largest absolute Gasteiger partial charge is 0.490 e. The first kappa shape index (κ1) is 16.7. The topological polar surface area (TPSA) is 36.9 Å². The lowest BCUT2D eigenvalue weighted by Crippen LogP contribution is -2.51. The molecule has 2 aliphatic carbocycles. The van der Waals surface area contributed by atoms with Crippen LogP contribution < -0.4 is 10.1 Å². The second kappa shape index (κ2) is 7.27. The zero-order valence-electron chi connectivity index (χ0n) is 15.4. The maximum Gasteiger partial charge on any atom is 0.193 e. The maximum atomic E-state index is 6.11. The van der Waals surface area contributed by atoms with Gasteiger partial charge in [-0.3, -0.25) is 4.99 Å². The number of hydrogen-bond donors (Lipinski definition) is 1. The van der Waals surface area contributed by atoms with Crippen molar-refractivity contribution in [2.45, 2.75) is 51.0 Å². The predicted molar refractivity (Wildman–Crippen MR) is 102 cm³/mol. The third-order valence-corrected chi connectivity index (χ3v) is 6.39. The third-order valence-electron chi connectivity index (χ3n) is 6.39. The molecule has 2 saturated carbocycles. The molecule has 25 heavy (non-hydrogen) atoms. The van der Waals surface area contributed by atoms with E-state index in [4.69, 9.17) is 4.74 Å². The fourth-order valence-corrected chi connectivity index (χ4v) is 4.52. The molecule has 1 heterocycles. The molecule has 0 radical (unpaired) electrons. The second-order valence-corrected chi connectivity index (χ2v) is 8.01. The lowest BCUT2D eigenvalue weighted by atomic mass is 9.65. The van der Waals surface area contributed by atoms with Gasteiger partial charge >= 0.3 is 0 Å². The van der Waals surface area contributed by atoms with E-state index in [2.05, 4.69) is 15.2 Å². The Balaban J connectivity index is 1.26. The maximum absolute atomic E-state index is 6.11. The number of nitrogens with zero attached hydrogens (tertiary/aromatic N) is 2. The van der Waals surface area contributed by atoms with Crippen LogP contribution in [0, 0.1) is 11.3 Å². The smallest absolute Gasteiger partial charge is 0.193 e. The summed E-state index contributed by atoms with van der Waals surface area (Å²) in [6.45, 7) is 3.16. The molecule has 1 N–H and O–H groups in total. The summed E-state index contributed by atoms with van der Waals surface area (Å²) in [5.74, 6) is 3.06. The van der Waals surface area contributed by atoms with Gasteiger partial charge in [0.05, 0.1) is 0 Å². The van der Waals surface area contributed by atoms with Gasteiger partial charge in [0.2, 0.25) is 0 Å². The van der Waals surface area contributed by atoms with E-state index in [-0.39, 0.29) is 0 Å². The number of aliphatic imine (C=N–C) groups is 1. The summed E-state index contributed by atoms with van der Waals surface area (Å²) in [5, 5.41) is 3.70. The molecule has 0 spiro atoms. The minimum Gasteiger partial charge on any atom is -0.490 e. The summed E-state index contributed by atoms with van der Waals surface area (Å²) in [6, 6.07) is 10.2. The standard InChI is InChI=1S/C21H31N3O/c1-22-20(23-16-21(12-5-13-21)17-8-9-17)24-14-10-19(11-15-24)25-18-6-3-2-4-7-18/h2-4,6-7,17,19H,5,8-16H2,1H3,(H,22,23). The van der Waals surface area contributed by atoms with Gasteiger partial charge in [-0.05, 0) is 49.1 Å². The fourth-order valence-electron chi connectivity index (χ4n) is 4.52. The van der Waals surface area contributed by atoms with Crippen molar-refractivity contribution >= 4 is 5.96 Å². The van der Waals surface area contributed by atoms with E-state index < -0.39 is 0 Å². The minimum absolute atomic E-state index is 0.321. The molecule has 0 amide bonds. The van der Waals surface area contributed by atoms with Crippen LogP contribution in [0.4, 0.5) is 0 Å². The SMILES string of the molecule is CN=C(NCC1(C2CC2)CCC1)N1CCC(Oc2ccccc2)CC1. The van der Waals surface area contributed by atoms with E-state index in [1.54, 1.807) is 0 Å². The molecule has 0 aromatic heterocycles. The summed E-state index contributed by atoms with van der Waals surface area (Å²) in [4.78, 5) is 6.96. The van der Waals surface area contributed by atoms with Gasteiger partial charge in [-0.25, -0.2) is 0 Å². The zero-order chi connectivity index (χ0) is 17.1. The fraction of sp³-hybridized carbons (Fsp3) is 0.667. The number of likely N-dealkylation sites (tertiary alicyclic amines) is 1. The third kappa shape index (κ3) is 3.78. The van der Waals surface area contributed by atoms with Crippen LogP contribution in [-0.2, 0) is 0 Å². The Morgan fingerprint density at radius 2 is 1.88 bits per heavy atom. The first-order chi connectivity index (χ1) is 12.3. The van der Waals surface area contributed by atoms with Gasteiger partial charge in [0.25, 0.3) is 0 Å². The predicted octanol–water partition coefficient (Wildman–Crippen LogP) is 3.69. The zero-order valence-corrected chi connectivity index (χ0v) is 15.4. The summed E-state index contributed by atoms with van der Waals surface area (Å²) >= 11 is 0. The normalized spacial score (nSPS) is 23.9. The van der Waals surface area contributed by atoms with Crippen LogP contribution in [0.2, 0.25) is 0 Å². The molecule has 0 bridgehead atoms. The van der Waals surface area contributed by atoms with Gasteiger partial charge in [0.1, 0.15) is 11.9 Å². The lowest BCUT2D eigenvalue weighted by molar-refractivity contribution is 0.101. The highest BCUT2D eigenvalue weighted by Gasteiger charge is 2.48. The molecule has 1 aliphatic heterocycles. The van der Waals surface area contributed by atoms with E-state index in [0.29, 0.717) is 11.5 Å². The second-order valence-electron chi connectivity index (χ2n) is 8.01. The monoisotopic (exact) mass is 341 g/mol. The number of guanidine groups is 1. The van der Waals surface area contributed by atoms with Crippen molar-refractivity contribution in [3.63, 3.8) is 0 Å². The molecule has 3 aliphatic rings. The number of para-hydroxylation sites is 1. The molecule has 4 nitrogen and oxygen atoms in total. The van der Waals surface area contributed by atoms with Gasteiger partial charge in [0.15, 0.2) is 5.96 Å². The highest BCUT2D eigenvalue weighted by Crippen LogP contribution is 2.56. The number of hydrogen-bond acceptors (Lipinski definition) is 2. The number of piperidine rings is 1. The molecule has 4 heteroatoms. The van der Waals surface area contributed by atoms with E-state index in [1.807, 2.05) is 37.4 Å². The summed E-state index contributed by atoms with van der Waals surface area (Å²) < 4.78 is 6.11. The van der Waals surface area contributed by atoms with Crippen molar-refractivity contribution in [1.82, 2.24) is 10.2 Å². The van der Waals surface area contributed by atoms with Gasteiger partial charge < -0.3 is 15.0 Å². The molecular weight excluding hydrogens is 310 g/mol. The van der Waals surface area contributed by atoms with Crippen molar-refractivity contribution in [3.05, 3.63) is 30.3 Å². The number of ether oxygens (including phenoxy) is 1. The van der Waals surface area contributed by atoms with Crippen LogP contribution in [0.25, 0.3) is 0 Å². The van der Waals surface area contributed by atoms with Gasteiger partial charge in [0, 0.05) is 39.5 Å². The Labute approximate surface area is 151 Å². The molecule has 0 atom stereocenters. The number of nitrogens with one attached hydrogen (secondary N) is 1. The van der Waals surface area contributed by atoms with Crippen LogP contribution in [-0.4, -0.2) is 43.6 Å². The van der Waals surface area contributed by atoms with E-state index in [1.165, 1.54) is 32.1 Å². The average molecular weight is 341 g/mol. The molecule has 1 saturated heterocycles. The van der Waals surface area contributed by atoms with E-state index >= 15 is 0 Å². The Morgan fingerprint density at radius 1 is 1.16 bits per heavy atom. The Bertz CT molecular complexity index is 584. The molecule has 1 aromatic carbocycles. The summed E-state index contributed by atoms with van der Waals surface area (Å²) in [6.07, 6.45) is 9.57. The first-order valence-corrected chi connectivity index (χ1v) is 9.96. The van der Waals surface area contributed by atoms with Gasteiger partial charge in [-0.2, -0.15) is 0 Å². The van der Waals surface area contributed by atoms with Crippen molar-refractivity contribution < 1.29 is 4.74 Å². The van der Waals surface area contributed by atoms with E-state index in [0.717, 1.165) is 50.1 Å². The Hall–Kier alpha value is -1.71. The number of benzene rings is 1. The van der Waals surface area contributed by atoms with E-state index in [9.17, 15) is 0 Å². The summed E-state index contributed by atoms with van der Waals surface area (Å²) in [5.41, 5.74) is 0.588. The van der Waals surface area contributed by atoms with Gasteiger partial charge in [-0.1, -0.05) is 24.6 Å². The van der Waals surface area contributed by atoms with Crippen molar-refractivity contribution in [3.8, 4) is 5.75 Å². The quantitative estimate of drug-likeness (QED) is 0.655. The van der Waals surface area contributed by atoms with Crippen LogP contribution in [0.3, 0.4) is 0 Å². The van der Waals surface area contributed by atoms with Crippen LogP contribution in [0.15, 0.2) is 35.3 Å². The van der Waals surface area contributed by atoms with Crippen molar-refractivity contribution in [2.75, 3.05) is 26.7 Å².